The number of ether oxygens (including phenoxy) is 2. The minimum Gasteiger partial charge on any atom is -0.376 e. The third-order valence-corrected chi connectivity index (χ3v) is 6.50. The lowest BCUT2D eigenvalue weighted by Crippen LogP contribution is -2.55. The fourth-order valence-corrected chi connectivity index (χ4v) is 5.29. The van der Waals surface area contributed by atoms with Crippen LogP contribution in [0.5, 0.6) is 0 Å². The third kappa shape index (κ3) is 2.28. The van der Waals surface area contributed by atoms with Gasteiger partial charge in [0.25, 0.3) is 15.9 Å². The minimum absolute atomic E-state index is 0.0367. The predicted octanol–water partition coefficient (Wildman–Crippen LogP) is 1.17. The fourth-order valence-electron chi connectivity index (χ4n) is 3.64. The lowest BCUT2D eigenvalue weighted by Gasteiger charge is -2.49. The van der Waals surface area contributed by atoms with Crippen LogP contribution in [0.15, 0.2) is 23.1 Å². The number of nitrogens with zero attached hydrogens (tertiary/aromatic N) is 1. The summed E-state index contributed by atoms with van der Waals surface area (Å²) in [6.45, 7) is 1.73. The zero-order valence-corrected chi connectivity index (χ0v) is 13.1. The first-order valence-corrected chi connectivity index (χ1v) is 8.94. The van der Waals surface area contributed by atoms with E-state index in [2.05, 4.69) is 0 Å². The molecule has 8 heteroatoms. The van der Waals surface area contributed by atoms with Gasteiger partial charge in [-0.1, -0.05) is 0 Å². The Bertz CT molecular complexity index is 764. The summed E-state index contributed by atoms with van der Waals surface area (Å²) in [6, 6.07) is 3.23. The van der Waals surface area contributed by atoms with E-state index in [1.54, 1.807) is 0 Å². The number of hydrogen-bond acceptors (Lipinski definition) is 5. The van der Waals surface area contributed by atoms with Gasteiger partial charge in [-0.05, 0) is 37.0 Å². The summed E-state index contributed by atoms with van der Waals surface area (Å²) in [5, 5.41) is 0. The second-order valence-electron chi connectivity index (χ2n) is 6.34. The number of carbonyl (C=O) groups is 1. The third-order valence-electron chi connectivity index (χ3n) is 4.72. The van der Waals surface area contributed by atoms with Crippen molar-refractivity contribution in [2.75, 3.05) is 26.4 Å². The van der Waals surface area contributed by atoms with Gasteiger partial charge in [-0.15, -0.1) is 0 Å². The molecule has 1 spiro atoms. The highest BCUT2D eigenvalue weighted by atomic mass is 32.2. The van der Waals surface area contributed by atoms with E-state index in [4.69, 9.17) is 9.47 Å². The molecule has 2 aliphatic heterocycles. The minimum atomic E-state index is -3.96. The molecule has 1 aliphatic carbocycles. The van der Waals surface area contributed by atoms with Gasteiger partial charge >= 0.3 is 0 Å². The van der Waals surface area contributed by atoms with Crippen LogP contribution in [0.4, 0.5) is 4.39 Å². The SMILES string of the molecule is O=C1c2ccc(F)cc2S(=O)(=O)N1CC1CC2(COCCO2)C1. The van der Waals surface area contributed by atoms with Gasteiger partial charge in [0.2, 0.25) is 0 Å². The van der Waals surface area contributed by atoms with Crippen LogP contribution in [-0.4, -0.2) is 50.6 Å². The van der Waals surface area contributed by atoms with Crippen molar-refractivity contribution in [1.29, 1.82) is 0 Å². The molecule has 1 saturated heterocycles. The normalized spacial score (nSPS) is 32.0. The molecule has 4 rings (SSSR count). The van der Waals surface area contributed by atoms with Gasteiger partial charge in [0.1, 0.15) is 10.7 Å². The van der Waals surface area contributed by atoms with Gasteiger partial charge in [-0.25, -0.2) is 17.1 Å². The Morgan fingerprint density at radius 3 is 2.78 bits per heavy atom. The van der Waals surface area contributed by atoms with Crippen LogP contribution in [0, 0.1) is 11.7 Å². The van der Waals surface area contributed by atoms with E-state index in [1.165, 1.54) is 6.07 Å². The van der Waals surface area contributed by atoms with Crippen molar-refractivity contribution in [2.45, 2.75) is 23.3 Å². The molecule has 2 fully saturated rings. The molecule has 3 aliphatic rings. The van der Waals surface area contributed by atoms with E-state index in [0.717, 1.165) is 16.4 Å². The van der Waals surface area contributed by atoms with Crippen molar-refractivity contribution in [3.63, 3.8) is 0 Å². The molecule has 0 unspecified atom stereocenters. The Morgan fingerprint density at radius 1 is 1.30 bits per heavy atom. The average Bonchev–Trinajstić information content (AvgIpc) is 2.67. The van der Waals surface area contributed by atoms with Crippen molar-refractivity contribution in [2.24, 2.45) is 5.92 Å². The van der Waals surface area contributed by atoms with Crippen LogP contribution in [0.1, 0.15) is 23.2 Å². The quantitative estimate of drug-likeness (QED) is 0.807. The highest BCUT2D eigenvalue weighted by Gasteiger charge is 2.50. The van der Waals surface area contributed by atoms with Crippen LogP contribution >= 0.6 is 0 Å². The molecule has 124 valence electrons. The van der Waals surface area contributed by atoms with Crippen LogP contribution in [-0.2, 0) is 19.5 Å². The topological polar surface area (TPSA) is 72.9 Å². The summed E-state index contributed by atoms with van der Waals surface area (Å²) in [4.78, 5) is 12.1. The lowest BCUT2D eigenvalue weighted by atomic mass is 9.70. The maximum absolute atomic E-state index is 13.3. The van der Waals surface area contributed by atoms with E-state index in [-0.39, 0.29) is 28.5 Å². The molecule has 1 aromatic rings. The predicted molar refractivity (Wildman–Crippen MR) is 76.8 cm³/mol. The zero-order valence-electron chi connectivity index (χ0n) is 12.3. The average molecular weight is 341 g/mol. The molecular weight excluding hydrogens is 325 g/mol. The van der Waals surface area contributed by atoms with Crippen molar-refractivity contribution >= 4 is 15.9 Å². The first-order chi connectivity index (χ1) is 10.9. The molecule has 1 saturated carbocycles. The summed E-state index contributed by atoms with van der Waals surface area (Å²) in [6.07, 6.45) is 1.33. The summed E-state index contributed by atoms with van der Waals surface area (Å²) in [7, 11) is -3.96. The van der Waals surface area contributed by atoms with Gasteiger partial charge in [0.15, 0.2) is 0 Å². The molecule has 1 aromatic carbocycles. The summed E-state index contributed by atoms with van der Waals surface area (Å²) < 4.78 is 50.2. The van der Waals surface area contributed by atoms with E-state index in [0.29, 0.717) is 32.7 Å². The standard InChI is InChI=1S/C15H16FNO5S/c16-11-1-2-12-13(5-11)23(19,20)17(14(12)18)8-10-6-15(7-10)9-21-3-4-22-15/h1-2,5,10H,3-4,6-9H2. The number of halogens is 1. The van der Waals surface area contributed by atoms with Crippen LogP contribution < -0.4 is 0 Å². The second-order valence-corrected chi connectivity index (χ2v) is 8.17. The molecule has 0 atom stereocenters. The zero-order chi connectivity index (χ0) is 16.2. The number of amides is 1. The molecule has 0 aromatic heterocycles. The van der Waals surface area contributed by atoms with E-state index in [9.17, 15) is 17.6 Å². The van der Waals surface area contributed by atoms with Crippen LogP contribution in [0.3, 0.4) is 0 Å². The molecule has 1 amide bonds. The second kappa shape index (κ2) is 4.99. The Morgan fingerprint density at radius 2 is 2.09 bits per heavy atom. The first-order valence-electron chi connectivity index (χ1n) is 7.50. The number of sulfonamides is 1. The maximum Gasteiger partial charge on any atom is 0.269 e. The molecule has 2 heterocycles. The van der Waals surface area contributed by atoms with Gasteiger partial charge in [0, 0.05) is 6.54 Å². The Labute approximate surface area is 133 Å². The molecule has 0 bridgehead atoms. The Balaban J connectivity index is 1.52. The van der Waals surface area contributed by atoms with Gasteiger partial charge in [-0.2, -0.15) is 0 Å². The number of benzene rings is 1. The van der Waals surface area contributed by atoms with Crippen molar-refractivity contribution in [1.82, 2.24) is 4.31 Å². The Hall–Kier alpha value is -1.51. The van der Waals surface area contributed by atoms with Gasteiger partial charge in [0.05, 0.1) is 31.0 Å². The highest BCUT2D eigenvalue weighted by Crippen LogP contribution is 2.44. The smallest absolute Gasteiger partial charge is 0.269 e. The molecule has 0 N–H and O–H groups in total. The van der Waals surface area contributed by atoms with Crippen molar-refractivity contribution in [3.05, 3.63) is 29.6 Å². The van der Waals surface area contributed by atoms with Crippen LogP contribution in [0.2, 0.25) is 0 Å². The molecule has 0 radical (unpaired) electrons. The molecule has 23 heavy (non-hydrogen) atoms. The number of carbonyl (C=O) groups excluding carboxylic acids is 1. The highest BCUT2D eigenvalue weighted by molar-refractivity contribution is 7.90. The van der Waals surface area contributed by atoms with Gasteiger partial charge in [-0.3, -0.25) is 4.79 Å². The van der Waals surface area contributed by atoms with Crippen LogP contribution in [0.25, 0.3) is 0 Å². The summed E-state index contributed by atoms with van der Waals surface area (Å²) >= 11 is 0. The van der Waals surface area contributed by atoms with Gasteiger partial charge < -0.3 is 9.47 Å². The van der Waals surface area contributed by atoms with Crippen molar-refractivity contribution < 1.29 is 27.1 Å². The van der Waals surface area contributed by atoms with E-state index in [1.807, 2.05) is 0 Å². The first kappa shape index (κ1) is 15.0. The largest absolute Gasteiger partial charge is 0.376 e. The monoisotopic (exact) mass is 341 g/mol. The molecular formula is C15H16FNO5S. The fraction of sp³-hybridized carbons (Fsp3) is 0.533. The number of rotatable bonds is 2. The summed E-state index contributed by atoms with van der Waals surface area (Å²) in [5.74, 6) is -1.21. The van der Waals surface area contributed by atoms with E-state index < -0.39 is 21.7 Å². The summed E-state index contributed by atoms with van der Waals surface area (Å²) in [5.41, 5.74) is -0.285. The number of hydrogen-bond donors (Lipinski definition) is 0. The van der Waals surface area contributed by atoms with Crippen molar-refractivity contribution in [3.8, 4) is 0 Å². The van der Waals surface area contributed by atoms with E-state index >= 15 is 0 Å². The number of fused-ring (bicyclic) bond motifs is 1. The lowest BCUT2D eigenvalue weighted by molar-refractivity contribution is -0.210. The Kier molecular flexibility index (Phi) is 3.26. The molecule has 6 nitrogen and oxygen atoms in total. The maximum atomic E-state index is 13.3.